The van der Waals surface area contributed by atoms with Gasteiger partial charge in [0.25, 0.3) is 0 Å². The first-order valence-corrected chi connectivity index (χ1v) is 7.28. The number of rotatable bonds is 5. The number of aromatic carboxylic acids is 1. The number of nitrogens with one attached hydrogen (secondary N) is 1. The van der Waals surface area contributed by atoms with E-state index in [0.29, 0.717) is 29.2 Å². The van der Waals surface area contributed by atoms with Gasteiger partial charge >= 0.3 is 5.97 Å². The van der Waals surface area contributed by atoms with Crippen LogP contribution >= 0.6 is 0 Å². The van der Waals surface area contributed by atoms with Crippen molar-refractivity contribution in [2.24, 2.45) is 5.92 Å². The molecule has 0 saturated carbocycles. The smallest absolute Gasteiger partial charge is 0.339 e. The number of para-hydroxylation sites is 1. The molecule has 1 saturated heterocycles. The van der Waals surface area contributed by atoms with E-state index in [2.05, 4.69) is 5.32 Å². The van der Waals surface area contributed by atoms with E-state index in [9.17, 15) is 9.90 Å². The van der Waals surface area contributed by atoms with E-state index in [1.54, 1.807) is 12.1 Å². The van der Waals surface area contributed by atoms with Crippen LogP contribution < -0.4 is 5.32 Å². The maximum atomic E-state index is 11.5. The van der Waals surface area contributed by atoms with Gasteiger partial charge in [0.2, 0.25) is 0 Å². The Bertz CT molecular complexity index is 628. The van der Waals surface area contributed by atoms with E-state index in [4.69, 9.17) is 9.15 Å². The Labute approximate surface area is 122 Å². The number of hydrogen-bond donors (Lipinski definition) is 2. The number of ether oxygens (including phenoxy) is 1. The molecule has 5 heteroatoms. The van der Waals surface area contributed by atoms with Crippen molar-refractivity contribution in [3.8, 4) is 0 Å². The Balaban J connectivity index is 1.71. The molecule has 1 aliphatic rings. The molecule has 2 heterocycles. The monoisotopic (exact) mass is 289 g/mol. The van der Waals surface area contributed by atoms with E-state index in [1.807, 2.05) is 12.1 Å². The fraction of sp³-hybridized carbons (Fsp3) is 0.438. The summed E-state index contributed by atoms with van der Waals surface area (Å²) in [6, 6.07) is 7.23. The van der Waals surface area contributed by atoms with E-state index < -0.39 is 5.97 Å². The molecule has 1 fully saturated rings. The standard InChI is InChI=1S/C16H19NO4/c18-16(19)15-12-5-1-2-6-13(12)21-14(15)9-17-8-11-4-3-7-20-10-11/h1-2,5-6,11,17H,3-4,7-10H2,(H,18,19). The third kappa shape index (κ3) is 3.09. The van der Waals surface area contributed by atoms with Crippen molar-refractivity contribution in [1.29, 1.82) is 0 Å². The van der Waals surface area contributed by atoms with Gasteiger partial charge in [-0.1, -0.05) is 18.2 Å². The maximum Gasteiger partial charge on any atom is 0.339 e. The lowest BCUT2D eigenvalue weighted by Crippen LogP contribution is -2.29. The molecule has 1 unspecified atom stereocenters. The maximum absolute atomic E-state index is 11.5. The SMILES string of the molecule is O=C(O)c1c(CNCC2CCCOC2)oc2ccccc12. The number of carboxylic acid groups (broad SMARTS) is 1. The number of carboxylic acids is 1. The van der Waals surface area contributed by atoms with Crippen LogP contribution in [0.5, 0.6) is 0 Å². The number of hydrogen-bond acceptors (Lipinski definition) is 4. The summed E-state index contributed by atoms with van der Waals surface area (Å²) in [5, 5.41) is 13.3. The van der Waals surface area contributed by atoms with Crippen LogP contribution in [-0.2, 0) is 11.3 Å². The fourth-order valence-electron chi connectivity index (χ4n) is 2.81. The van der Waals surface area contributed by atoms with Crippen LogP contribution in [0.25, 0.3) is 11.0 Å². The second kappa shape index (κ2) is 6.28. The number of furan rings is 1. The molecule has 0 amide bonds. The Morgan fingerprint density at radius 1 is 1.38 bits per heavy atom. The minimum Gasteiger partial charge on any atom is -0.478 e. The third-order valence-corrected chi connectivity index (χ3v) is 3.86. The highest BCUT2D eigenvalue weighted by Gasteiger charge is 2.20. The summed E-state index contributed by atoms with van der Waals surface area (Å²) in [6.07, 6.45) is 2.25. The predicted octanol–water partition coefficient (Wildman–Crippen LogP) is 2.65. The van der Waals surface area contributed by atoms with E-state index in [-0.39, 0.29) is 5.56 Å². The fourth-order valence-corrected chi connectivity index (χ4v) is 2.81. The molecule has 0 spiro atoms. The van der Waals surface area contributed by atoms with Crippen LogP contribution in [0.15, 0.2) is 28.7 Å². The van der Waals surface area contributed by atoms with Gasteiger partial charge < -0.3 is 19.6 Å². The molecule has 3 rings (SSSR count). The van der Waals surface area contributed by atoms with Gasteiger partial charge in [0.1, 0.15) is 16.9 Å². The van der Waals surface area contributed by atoms with Gasteiger partial charge in [-0.05, 0) is 24.8 Å². The lowest BCUT2D eigenvalue weighted by Gasteiger charge is -2.22. The highest BCUT2D eigenvalue weighted by Crippen LogP contribution is 2.26. The summed E-state index contributed by atoms with van der Waals surface area (Å²) in [7, 11) is 0. The first-order chi connectivity index (χ1) is 10.3. The average Bonchev–Trinajstić information content (AvgIpc) is 2.86. The molecule has 5 nitrogen and oxygen atoms in total. The quantitative estimate of drug-likeness (QED) is 0.885. The van der Waals surface area contributed by atoms with Gasteiger partial charge in [0, 0.05) is 18.5 Å². The van der Waals surface area contributed by atoms with Gasteiger partial charge in [0.05, 0.1) is 13.2 Å². The summed E-state index contributed by atoms with van der Waals surface area (Å²) < 4.78 is 11.1. The number of carbonyl (C=O) groups is 1. The largest absolute Gasteiger partial charge is 0.478 e. The van der Waals surface area contributed by atoms with Gasteiger partial charge in [-0.3, -0.25) is 0 Å². The minimum atomic E-state index is -0.947. The zero-order valence-electron chi connectivity index (χ0n) is 11.8. The Kier molecular flexibility index (Phi) is 4.22. The van der Waals surface area contributed by atoms with Crippen LogP contribution in [0.3, 0.4) is 0 Å². The van der Waals surface area contributed by atoms with Crippen LogP contribution in [-0.4, -0.2) is 30.8 Å². The molecule has 1 aromatic carbocycles. The summed E-state index contributed by atoms with van der Waals surface area (Å²) in [5.41, 5.74) is 0.880. The van der Waals surface area contributed by atoms with Crippen molar-refractivity contribution in [1.82, 2.24) is 5.32 Å². The van der Waals surface area contributed by atoms with Crippen LogP contribution in [0.4, 0.5) is 0 Å². The Morgan fingerprint density at radius 2 is 2.24 bits per heavy atom. The first kappa shape index (κ1) is 14.1. The van der Waals surface area contributed by atoms with Gasteiger partial charge in [-0.15, -0.1) is 0 Å². The molecular weight excluding hydrogens is 270 g/mol. The molecular formula is C16H19NO4. The molecule has 2 aromatic rings. The van der Waals surface area contributed by atoms with Crippen molar-refractivity contribution in [3.63, 3.8) is 0 Å². The third-order valence-electron chi connectivity index (χ3n) is 3.86. The lowest BCUT2D eigenvalue weighted by molar-refractivity contribution is 0.0545. The normalized spacial score (nSPS) is 19.0. The molecule has 112 valence electrons. The number of benzene rings is 1. The van der Waals surface area contributed by atoms with E-state index in [1.165, 1.54) is 0 Å². The summed E-state index contributed by atoms with van der Waals surface area (Å²) in [5.74, 6) is 0.0367. The Morgan fingerprint density at radius 3 is 3.00 bits per heavy atom. The average molecular weight is 289 g/mol. The van der Waals surface area contributed by atoms with Crippen molar-refractivity contribution in [2.45, 2.75) is 19.4 Å². The van der Waals surface area contributed by atoms with E-state index in [0.717, 1.165) is 32.6 Å². The molecule has 0 radical (unpaired) electrons. The topological polar surface area (TPSA) is 71.7 Å². The predicted molar refractivity (Wildman–Crippen MR) is 78.4 cm³/mol. The van der Waals surface area contributed by atoms with Crippen molar-refractivity contribution < 1.29 is 19.1 Å². The molecule has 0 aliphatic carbocycles. The zero-order valence-corrected chi connectivity index (χ0v) is 11.8. The van der Waals surface area contributed by atoms with Crippen molar-refractivity contribution in [2.75, 3.05) is 19.8 Å². The molecule has 1 aromatic heterocycles. The zero-order chi connectivity index (χ0) is 14.7. The van der Waals surface area contributed by atoms with E-state index >= 15 is 0 Å². The Hall–Kier alpha value is -1.85. The molecule has 21 heavy (non-hydrogen) atoms. The molecule has 2 N–H and O–H groups in total. The van der Waals surface area contributed by atoms with Gasteiger partial charge in [-0.25, -0.2) is 4.79 Å². The summed E-state index contributed by atoms with van der Waals surface area (Å²) >= 11 is 0. The second-order valence-electron chi connectivity index (χ2n) is 5.42. The van der Waals surface area contributed by atoms with Gasteiger partial charge in [-0.2, -0.15) is 0 Å². The molecule has 1 atom stereocenters. The molecule has 1 aliphatic heterocycles. The summed E-state index contributed by atoms with van der Waals surface area (Å²) in [6.45, 7) is 2.87. The molecule has 0 bridgehead atoms. The number of fused-ring (bicyclic) bond motifs is 1. The van der Waals surface area contributed by atoms with Crippen LogP contribution in [0.2, 0.25) is 0 Å². The highest BCUT2D eigenvalue weighted by atomic mass is 16.5. The van der Waals surface area contributed by atoms with Crippen LogP contribution in [0, 0.1) is 5.92 Å². The van der Waals surface area contributed by atoms with Crippen molar-refractivity contribution >= 4 is 16.9 Å². The van der Waals surface area contributed by atoms with Crippen molar-refractivity contribution in [3.05, 3.63) is 35.6 Å². The van der Waals surface area contributed by atoms with Crippen LogP contribution in [0.1, 0.15) is 29.0 Å². The minimum absolute atomic E-state index is 0.262. The second-order valence-corrected chi connectivity index (χ2v) is 5.42. The van der Waals surface area contributed by atoms with Gasteiger partial charge in [0.15, 0.2) is 0 Å². The summed E-state index contributed by atoms with van der Waals surface area (Å²) in [4.78, 5) is 11.5. The lowest BCUT2D eigenvalue weighted by atomic mass is 10.0. The first-order valence-electron chi connectivity index (χ1n) is 7.28. The highest BCUT2D eigenvalue weighted by molar-refractivity contribution is 6.03.